The lowest BCUT2D eigenvalue weighted by molar-refractivity contribution is 0.462. The summed E-state index contributed by atoms with van der Waals surface area (Å²) >= 11 is 3.36. The average Bonchev–Trinajstić information content (AvgIpc) is 2.61. The third-order valence-corrected chi connectivity index (χ3v) is 5.28. The zero-order valence-corrected chi connectivity index (χ0v) is 12.9. The van der Waals surface area contributed by atoms with E-state index in [-0.39, 0.29) is 11.2 Å². The van der Waals surface area contributed by atoms with Gasteiger partial charge in [0.15, 0.2) is 9.84 Å². The smallest absolute Gasteiger partial charge is 0.178 e. The van der Waals surface area contributed by atoms with Gasteiger partial charge in [-0.2, -0.15) is 5.10 Å². The molecule has 1 N–H and O–H groups in total. The zero-order valence-electron chi connectivity index (χ0n) is 10.5. The molecule has 1 aromatic carbocycles. The summed E-state index contributed by atoms with van der Waals surface area (Å²) in [6.07, 6.45) is 1.62. The lowest BCUT2D eigenvalue weighted by Gasteiger charge is -2.18. The van der Waals surface area contributed by atoms with Gasteiger partial charge in [0.25, 0.3) is 0 Å². The summed E-state index contributed by atoms with van der Waals surface area (Å²) in [4.78, 5) is 0.332. The van der Waals surface area contributed by atoms with E-state index in [0.717, 1.165) is 10.9 Å². The van der Waals surface area contributed by atoms with Crippen molar-refractivity contribution < 1.29 is 8.42 Å². The van der Waals surface area contributed by atoms with Crippen molar-refractivity contribution >= 4 is 36.7 Å². The van der Waals surface area contributed by atoms with E-state index < -0.39 is 9.84 Å². The highest BCUT2D eigenvalue weighted by Crippen LogP contribution is 2.29. The molecule has 98 valence electrons. The average molecular weight is 331 g/mol. The van der Waals surface area contributed by atoms with E-state index in [1.54, 1.807) is 18.3 Å². The molecule has 0 atom stereocenters. The van der Waals surface area contributed by atoms with Crippen molar-refractivity contribution in [1.29, 1.82) is 0 Å². The fourth-order valence-corrected chi connectivity index (χ4v) is 4.45. The van der Waals surface area contributed by atoms with E-state index in [9.17, 15) is 8.42 Å². The van der Waals surface area contributed by atoms with Crippen LogP contribution in [0.3, 0.4) is 0 Å². The summed E-state index contributed by atoms with van der Waals surface area (Å²) in [7, 11) is -3.28. The number of nitrogens with zero attached hydrogens (tertiary/aromatic N) is 1. The monoisotopic (exact) mass is 330 g/mol. The number of aromatic amines is 1. The topological polar surface area (TPSA) is 62.8 Å². The van der Waals surface area contributed by atoms with Crippen molar-refractivity contribution in [3.8, 4) is 0 Å². The number of aromatic nitrogens is 2. The highest BCUT2D eigenvalue weighted by molar-refractivity contribution is 9.10. The van der Waals surface area contributed by atoms with Gasteiger partial charge in [-0.05, 0) is 33.5 Å². The number of H-pyrrole nitrogens is 1. The van der Waals surface area contributed by atoms with Gasteiger partial charge < -0.3 is 0 Å². The predicted molar refractivity (Wildman–Crippen MR) is 75.3 cm³/mol. The Hall–Kier alpha value is -0.880. The van der Waals surface area contributed by atoms with Crippen LogP contribution in [0.4, 0.5) is 0 Å². The molecule has 6 heteroatoms. The minimum Gasteiger partial charge on any atom is -0.277 e. The van der Waals surface area contributed by atoms with Crippen molar-refractivity contribution in [3.05, 3.63) is 22.8 Å². The molecule has 1 aromatic heterocycles. The minimum atomic E-state index is -3.28. The normalized spacial score (nSPS) is 13.1. The molecule has 2 rings (SSSR count). The molecule has 0 spiro atoms. The fraction of sp³-hybridized carbons (Fsp3) is 0.417. The van der Waals surface area contributed by atoms with Gasteiger partial charge in [-0.1, -0.05) is 20.8 Å². The van der Waals surface area contributed by atoms with Gasteiger partial charge in [-0.25, -0.2) is 8.42 Å². The number of fused-ring (bicyclic) bond motifs is 1. The number of sulfone groups is 1. The van der Waals surface area contributed by atoms with Gasteiger partial charge >= 0.3 is 0 Å². The Morgan fingerprint density at radius 2 is 2.00 bits per heavy atom. The van der Waals surface area contributed by atoms with Crippen LogP contribution in [-0.4, -0.2) is 24.4 Å². The molecule has 0 aliphatic heterocycles. The van der Waals surface area contributed by atoms with Crippen LogP contribution >= 0.6 is 15.9 Å². The van der Waals surface area contributed by atoms with Gasteiger partial charge in [0.05, 0.1) is 22.4 Å². The number of rotatable bonds is 2. The zero-order chi connectivity index (χ0) is 13.6. The van der Waals surface area contributed by atoms with Gasteiger partial charge in [-0.15, -0.1) is 0 Å². The van der Waals surface area contributed by atoms with E-state index in [4.69, 9.17) is 0 Å². The molecule has 4 nitrogen and oxygen atoms in total. The third kappa shape index (κ3) is 2.75. The van der Waals surface area contributed by atoms with Crippen molar-refractivity contribution in [2.75, 3.05) is 5.75 Å². The molecule has 0 aliphatic carbocycles. The summed E-state index contributed by atoms with van der Waals surface area (Å²) in [6.45, 7) is 5.74. The quantitative estimate of drug-likeness (QED) is 0.919. The molecule has 0 saturated heterocycles. The molecule has 0 radical (unpaired) electrons. The fourth-order valence-electron chi connectivity index (χ4n) is 1.82. The minimum absolute atomic E-state index is 0.121. The number of hydrogen-bond acceptors (Lipinski definition) is 3. The van der Waals surface area contributed by atoms with Crippen LogP contribution in [0, 0.1) is 5.41 Å². The van der Waals surface area contributed by atoms with Crippen LogP contribution in [0.1, 0.15) is 20.8 Å². The Bertz CT molecular complexity index is 684. The SMILES string of the molecule is CC(C)(C)CS(=O)(=O)c1cc(Br)c2[nH]ncc2c1. The summed E-state index contributed by atoms with van der Waals surface area (Å²) in [5.41, 5.74) is 0.543. The Balaban J connectivity index is 2.54. The summed E-state index contributed by atoms with van der Waals surface area (Å²) < 4.78 is 25.3. The van der Waals surface area contributed by atoms with Crippen molar-refractivity contribution in [1.82, 2.24) is 10.2 Å². The van der Waals surface area contributed by atoms with Gasteiger partial charge in [0.2, 0.25) is 0 Å². The van der Waals surface area contributed by atoms with Crippen LogP contribution in [-0.2, 0) is 9.84 Å². The second-order valence-corrected chi connectivity index (χ2v) is 8.40. The number of benzene rings is 1. The first-order valence-corrected chi connectivity index (χ1v) is 7.99. The lowest BCUT2D eigenvalue weighted by Crippen LogP contribution is -2.20. The highest BCUT2D eigenvalue weighted by Gasteiger charge is 2.24. The van der Waals surface area contributed by atoms with Crippen LogP contribution in [0.15, 0.2) is 27.7 Å². The highest BCUT2D eigenvalue weighted by atomic mass is 79.9. The number of nitrogens with one attached hydrogen (secondary N) is 1. The van der Waals surface area contributed by atoms with Crippen LogP contribution < -0.4 is 0 Å². The molecule has 0 saturated carbocycles. The Morgan fingerprint density at radius 1 is 1.33 bits per heavy atom. The van der Waals surface area contributed by atoms with Gasteiger partial charge in [0, 0.05) is 9.86 Å². The maximum absolute atomic E-state index is 12.3. The molecular formula is C12H15BrN2O2S. The molecule has 2 aromatic rings. The van der Waals surface area contributed by atoms with E-state index in [2.05, 4.69) is 26.1 Å². The Labute approximate surface area is 115 Å². The van der Waals surface area contributed by atoms with E-state index >= 15 is 0 Å². The summed E-state index contributed by atoms with van der Waals surface area (Å²) in [5.74, 6) is 0.121. The molecular weight excluding hydrogens is 316 g/mol. The Morgan fingerprint density at radius 3 is 2.61 bits per heavy atom. The molecule has 0 amide bonds. The van der Waals surface area contributed by atoms with E-state index in [1.807, 2.05) is 20.8 Å². The van der Waals surface area contributed by atoms with Crippen LogP contribution in [0.5, 0.6) is 0 Å². The number of hydrogen-bond donors (Lipinski definition) is 1. The second-order valence-electron chi connectivity index (χ2n) is 5.56. The largest absolute Gasteiger partial charge is 0.277 e. The van der Waals surface area contributed by atoms with E-state index in [1.165, 1.54) is 0 Å². The first kappa shape index (κ1) is 13.5. The molecule has 0 bridgehead atoms. The van der Waals surface area contributed by atoms with Gasteiger partial charge in [0.1, 0.15) is 0 Å². The standard InChI is InChI=1S/C12H15BrN2O2S/c1-12(2,3)7-18(16,17)9-4-8-6-14-15-11(8)10(13)5-9/h4-6H,7H2,1-3H3,(H,14,15). The molecule has 1 heterocycles. The van der Waals surface area contributed by atoms with Gasteiger partial charge in [-0.3, -0.25) is 5.10 Å². The van der Waals surface area contributed by atoms with Crippen molar-refractivity contribution in [2.45, 2.75) is 25.7 Å². The van der Waals surface area contributed by atoms with E-state index in [0.29, 0.717) is 9.37 Å². The van der Waals surface area contributed by atoms with Crippen LogP contribution in [0.25, 0.3) is 10.9 Å². The van der Waals surface area contributed by atoms with Crippen molar-refractivity contribution in [3.63, 3.8) is 0 Å². The first-order valence-electron chi connectivity index (χ1n) is 5.54. The van der Waals surface area contributed by atoms with Crippen LogP contribution in [0.2, 0.25) is 0 Å². The maximum atomic E-state index is 12.3. The molecule has 18 heavy (non-hydrogen) atoms. The Kier molecular flexibility index (Phi) is 3.27. The van der Waals surface area contributed by atoms with Crippen molar-refractivity contribution in [2.24, 2.45) is 5.41 Å². The summed E-state index contributed by atoms with van der Waals surface area (Å²) in [5, 5.41) is 7.52. The predicted octanol–water partition coefficient (Wildman–Crippen LogP) is 3.15. The number of halogens is 1. The second kappa shape index (κ2) is 4.35. The first-order chi connectivity index (χ1) is 8.19. The maximum Gasteiger partial charge on any atom is 0.178 e. The molecule has 0 unspecified atom stereocenters. The third-order valence-electron chi connectivity index (χ3n) is 2.46. The molecule has 0 aliphatic rings. The summed E-state index contributed by atoms with van der Waals surface area (Å²) in [6, 6.07) is 3.28. The molecule has 0 fully saturated rings. The lowest BCUT2D eigenvalue weighted by atomic mass is 10.0.